The number of rotatable bonds is 8. The first-order valence-electron chi connectivity index (χ1n) is 7.83. The van der Waals surface area contributed by atoms with Crippen LogP contribution in [0.15, 0.2) is 42.5 Å². The van der Waals surface area contributed by atoms with E-state index in [9.17, 15) is 9.90 Å². The molecule has 1 atom stereocenters. The molecule has 2 aromatic carbocycles. The summed E-state index contributed by atoms with van der Waals surface area (Å²) < 4.78 is 15.4. The molecule has 0 saturated heterocycles. The number of ether oxygens (including phenoxy) is 3. The van der Waals surface area contributed by atoms with Crippen LogP contribution in [0.1, 0.15) is 34.0 Å². The Labute approximate surface area is 152 Å². The molecule has 0 heterocycles. The Morgan fingerprint density at radius 2 is 1.92 bits per heavy atom. The van der Waals surface area contributed by atoms with Gasteiger partial charge in [0.25, 0.3) is 0 Å². The molecule has 0 fully saturated rings. The topological polar surface area (TPSA) is 65.0 Å². The highest BCUT2D eigenvalue weighted by Gasteiger charge is 2.16. The first kappa shape index (κ1) is 19.2. The minimum absolute atomic E-state index is 0.308. The van der Waals surface area contributed by atoms with E-state index in [-0.39, 0.29) is 0 Å². The lowest BCUT2D eigenvalue weighted by Crippen LogP contribution is -2.08. The number of methoxy groups -OCH3 is 2. The zero-order valence-electron chi connectivity index (χ0n) is 14.2. The molecule has 5 nitrogen and oxygen atoms in total. The molecule has 0 amide bonds. The minimum Gasteiger partial charge on any atom is -0.493 e. The smallest absolute Gasteiger partial charge is 0.337 e. The van der Waals surface area contributed by atoms with E-state index in [1.54, 1.807) is 49.6 Å². The maximum Gasteiger partial charge on any atom is 0.337 e. The van der Waals surface area contributed by atoms with Gasteiger partial charge in [-0.3, -0.25) is 0 Å². The van der Waals surface area contributed by atoms with Gasteiger partial charge in [0.1, 0.15) is 11.9 Å². The van der Waals surface area contributed by atoms with E-state index in [1.807, 2.05) is 0 Å². The van der Waals surface area contributed by atoms with Gasteiger partial charge < -0.3 is 19.3 Å². The van der Waals surface area contributed by atoms with Crippen molar-refractivity contribution in [1.82, 2.24) is 0 Å². The molecule has 0 radical (unpaired) electrons. The van der Waals surface area contributed by atoms with E-state index in [2.05, 4.69) is 0 Å². The van der Waals surface area contributed by atoms with Gasteiger partial charge >= 0.3 is 5.97 Å². The number of carbonyl (C=O) groups is 1. The van der Waals surface area contributed by atoms with Crippen molar-refractivity contribution >= 4 is 17.6 Å². The van der Waals surface area contributed by atoms with Crippen molar-refractivity contribution in [3.63, 3.8) is 0 Å². The quantitative estimate of drug-likeness (QED) is 0.572. The standard InChI is InChI=1S/C19H21ClO5/c1-23-7-4-8-25-17-11-14(9-15(12-17)19(22)24-2)18(21)13-5-3-6-16(20)10-13/h3,5-6,9-12,18,21H,4,7-8H2,1-2H3. The summed E-state index contributed by atoms with van der Waals surface area (Å²) in [6.07, 6.45) is -0.227. The van der Waals surface area contributed by atoms with Crippen LogP contribution in [0.25, 0.3) is 0 Å². The summed E-state index contributed by atoms with van der Waals surface area (Å²) in [6.45, 7) is 1.01. The number of halogens is 1. The number of hydrogen-bond donors (Lipinski definition) is 1. The lowest BCUT2D eigenvalue weighted by atomic mass is 9.99. The largest absolute Gasteiger partial charge is 0.493 e. The van der Waals surface area contributed by atoms with E-state index in [1.165, 1.54) is 7.11 Å². The molecule has 2 aromatic rings. The minimum atomic E-state index is -0.940. The van der Waals surface area contributed by atoms with E-state index >= 15 is 0 Å². The van der Waals surface area contributed by atoms with Gasteiger partial charge in [0.05, 0.1) is 19.3 Å². The molecule has 1 unspecified atom stereocenters. The average Bonchev–Trinajstić information content (AvgIpc) is 2.63. The predicted octanol–water partition coefficient (Wildman–Crippen LogP) is 3.62. The SMILES string of the molecule is COCCCOc1cc(C(=O)OC)cc(C(O)c2cccc(Cl)c2)c1. The van der Waals surface area contributed by atoms with E-state index < -0.39 is 12.1 Å². The summed E-state index contributed by atoms with van der Waals surface area (Å²) in [5.41, 5.74) is 1.45. The fourth-order valence-corrected chi connectivity index (χ4v) is 2.56. The first-order chi connectivity index (χ1) is 12.0. The van der Waals surface area contributed by atoms with Crippen LogP contribution in [-0.4, -0.2) is 38.5 Å². The third-order valence-electron chi connectivity index (χ3n) is 3.59. The van der Waals surface area contributed by atoms with E-state index in [0.29, 0.717) is 47.1 Å². The Morgan fingerprint density at radius 3 is 2.60 bits per heavy atom. The molecule has 0 spiro atoms. The summed E-state index contributed by atoms with van der Waals surface area (Å²) in [7, 11) is 2.93. The highest BCUT2D eigenvalue weighted by Crippen LogP contribution is 2.28. The molecule has 0 aromatic heterocycles. The predicted molar refractivity (Wildman–Crippen MR) is 95.3 cm³/mol. The first-order valence-corrected chi connectivity index (χ1v) is 8.21. The average molecular weight is 365 g/mol. The van der Waals surface area contributed by atoms with Gasteiger partial charge in [-0.05, 0) is 41.5 Å². The van der Waals surface area contributed by atoms with Gasteiger partial charge in [-0.25, -0.2) is 4.79 Å². The third kappa shape index (κ3) is 5.46. The van der Waals surface area contributed by atoms with Crippen molar-refractivity contribution in [3.05, 3.63) is 64.2 Å². The number of hydrogen-bond acceptors (Lipinski definition) is 5. The molecule has 0 bridgehead atoms. The van der Waals surface area contributed by atoms with Crippen LogP contribution >= 0.6 is 11.6 Å². The molecule has 0 aliphatic heterocycles. The summed E-state index contributed by atoms with van der Waals surface area (Å²) in [5.74, 6) is -0.0167. The summed E-state index contributed by atoms with van der Waals surface area (Å²) in [6, 6.07) is 11.8. The van der Waals surface area contributed by atoms with Crippen molar-refractivity contribution in [3.8, 4) is 5.75 Å². The van der Waals surface area contributed by atoms with Gasteiger partial charge in [-0.2, -0.15) is 0 Å². The normalized spacial score (nSPS) is 11.8. The Balaban J connectivity index is 2.30. The number of benzene rings is 2. The van der Waals surface area contributed by atoms with E-state index in [4.69, 9.17) is 25.8 Å². The van der Waals surface area contributed by atoms with Gasteiger partial charge in [-0.1, -0.05) is 23.7 Å². The van der Waals surface area contributed by atoms with Crippen molar-refractivity contribution in [2.75, 3.05) is 27.4 Å². The van der Waals surface area contributed by atoms with Gasteiger partial charge in [0, 0.05) is 25.2 Å². The Morgan fingerprint density at radius 1 is 1.12 bits per heavy atom. The van der Waals surface area contributed by atoms with Crippen molar-refractivity contribution in [1.29, 1.82) is 0 Å². The zero-order chi connectivity index (χ0) is 18.2. The van der Waals surface area contributed by atoms with Gasteiger partial charge in [-0.15, -0.1) is 0 Å². The number of carbonyl (C=O) groups excluding carboxylic acids is 1. The van der Waals surface area contributed by atoms with Crippen LogP contribution in [0.5, 0.6) is 5.75 Å². The van der Waals surface area contributed by atoms with Gasteiger partial charge in [0.15, 0.2) is 0 Å². The van der Waals surface area contributed by atoms with Crippen LogP contribution in [0.3, 0.4) is 0 Å². The number of aliphatic hydroxyl groups excluding tert-OH is 1. The summed E-state index contributed by atoms with van der Waals surface area (Å²) in [4.78, 5) is 11.9. The van der Waals surface area contributed by atoms with Gasteiger partial charge in [0.2, 0.25) is 0 Å². The molecule has 0 saturated carbocycles. The Kier molecular flexibility index (Phi) is 7.25. The monoisotopic (exact) mass is 364 g/mol. The number of aliphatic hydroxyl groups is 1. The Bertz CT molecular complexity index is 717. The second-order valence-corrected chi connectivity index (χ2v) is 5.87. The lowest BCUT2D eigenvalue weighted by molar-refractivity contribution is 0.0600. The molecule has 6 heteroatoms. The van der Waals surface area contributed by atoms with E-state index in [0.717, 1.165) is 0 Å². The zero-order valence-corrected chi connectivity index (χ0v) is 15.0. The second-order valence-electron chi connectivity index (χ2n) is 5.43. The highest BCUT2D eigenvalue weighted by molar-refractivity contribution is 6.30. The van der Waals surface area contributed by atoms with Crippen molar-refractivity contribution in [2.45, 2.75) is 12.5 Å². The van der Waals surface area contributed by atoms with Crippen LogP contribution in [0.2, 0.25) is 5.02 Å². The van der Waals surface area contributed by atoms with Crippen LogP contribution in [-0.2, 0) is 9.47 Å². The highest BCUT2D eigenvalue weighted by atomic mass is 35.5. The van der Waals surface area contributed by atoms with Crippen LogP contribution < -0.4 is 4.74 Å². The maximum atomic E-state index is 11.9. The molecular formula is C19H21ClO5. The summed E-state index contributed by atoms with van der Waals surface area (Å²) >= 11 is 5.99. The lowest BCUT2D eigenvalue weighted by Gasteiger charge is -2.15. The fraction of sp³-hybridized carbons (Fsp3) is 0.316. The maximum absolute atomic E-state index is 11.9. The molecule has 134 valence electrons. The molecule has 2 rings (SSSR count). The van der Waals surface area contributed by atoms with Crippen molar-refractivity contribution in [2.24, 2.45) is 0 Å². The third-order valence-corrected chi connectivity index (χ3v) is 3.83. The van der Waals surface area contributed by atoms with Crippen LogP contribution in [0, 0.1) is 0 Å². The molecule has 0 aliphatic carbocycles. The molecule has 0 aliphatic rings. The Hall–Kier alpha value is -2.08. The fourth-order valence-electron chi connectivity index (χ4n) is 2.36. The molecular weight excluding hydrogens is 344 g/mol. The van der Waals surface area contributed by atoms with Crippen LogP contribution in [0.4, 0.5) is 0 Å². The number of esters is 1. The van der Waals surface area contributed by atoms with Crippen molar-refractivity contribution < 1.29 is 24.1 Å². The molecule has 1 N–H and O–H groups in total. The molecule has 25 heavy (non-hydrogen) atoms. The summed E-state index contributed by atoms with van der Waals surface area (Å²) in [5, 5.41) is 11.2. The second kappa shape index (κ2) is 9.42.